The Bertz CT molecular complexity index is 725. The maximum Gasteiger partial charge on any atom is 0.407 e. The Morgan fingerprint density at radius 3 is 2.61 bits per heavy atom. The summed E-state index contributed by atoms with van der Waals surface area (Å²) in [5.41, 5.74) is -0.489. The van der Waals surface area contributed by atoms with E-state index < -0.39 is 11.7 Å². The number of aliphatic imine (C=N–C) groups is 1. The van der Waals surface area contributed by atoms with Crippen LogP contribution in [0.2, 0.25) is 0 Å². The third-order valence-corrected chi connectivity index (χ3v) is 5.29. The number of carbonyl (C=O) groups excluding carboxylic acids is 1. The Morgan fingerprint density at radius 2 is 1.97 bits per heavy atom. The number of nitrogens with zero attached hydrogens (tertiary/aromatic N) is 5. The number of ether oxygens (including phenoxy) is 1. The second-order valence-corrected chi connectivity index (χ2v) is 8.90. The van der Waals surface area contributed by atoms with E-state index in [1.165, 1.54) is 12.8 Å². The normalized spacial score (nSPS) is 17.6. The maximum absolute atomic E-state index is 11.7. The number of guanidine groups is 1. The van der Waals surface area contributed by atoms with E-state index in [-0.39, 0.29) is 0 Å². The van der Waals surface area contributed by atoms with E-state index in [9.17, 15) is 4.79 Å². The number of nitrogens with one attached hydrogen (secondary N) is 3. The zero-order chi connectivity index (χ0) is 22.9. The van der Waals surface area contributed by atoms with E-state index in [0.29, 0.717) is 25.7 Å². The van der Waals surface area contributed by atoms with Crippen molar-refractivity contribution in [2.75, 3.05) is 32.7 Å². The number of likely N-dealkylation sites (N-methyl/N-ethyl adjacent to an activating group) is 1. The van der Waals surface area contributed by atoms with Gasteiger partial charge in [-0.15, -0.1) is 10.2 Å². The molecule has 10 nitrogen and oxygen atoms in total. The summed E-state index contributed by atoms with van der Waals surface area (Å²) in [6, 6.07) is 0.530. The number of aryl methyl sites for hydroxylation is 1. The molecule has 2 rings (SSSR count). The predicted octanol–water partition coefficient (Wildman–Crippen LogP) is 1.56. The quantitative estimate of drug-likeness (QED) is 0.306. The topological polar surface area (TPSA) is 109 Å². The standard InChI is InChI=1S/C21H40N8O2/c1-7-29-13-8-10-17(29)14-24-19(25-15-18-27-26-16(2)28(18)6)22-11-9-12-23-20(30)31-21(3,4)5/h17H,7-15H2,1-6H3,(H,23,30)(H2,22,24,25). The van der Waals surface area contributed by atoms with Crippen molar-refractivity contribution >= 4 is 12.1 Å². The Labute approximate surface area is 186 Å². The second-order valence-electron chi connectivity index (χ2n) is 8.90. The molecule has 0 aromatic carbocycles. The molecule has 10 heteroatoms. The molecule has 1 aromatic heterocycles. The summed E-state index contributed by atoms with van der Waals surface area (Å²) in [7, 11) is 1.95. The Morgan fingerprint density at radius 1 is 1.23 bits per heavy atom. The predicted molar refractivity (Wildman–Crippen MR) is 122 cm³/mol. The van der Waals surface area contributed by atoms with E-state index in [1.54, 1.807) is 0 Å². The van der Waals surface area contributed by atoms with Crippen LogP contribution in [0.5, 0.6) is 0 Å². The average Bonchev–Trinajstić information content (AvgIpc) is 3.28. The molecule has 0 saturated carbocycles. The highest BCUT2D eigenvalue weighted by Gasteiger charge is 2.22. The molecule has 0 radical (unpaired) electrons. The molecule has 0 aliphatic carbocycles. The highest BCUT2D eigenvalue weighted by atomic mass is 16.6. The third kappa shape index (κ3) is 8.72. The second kappa shape index (κ2) is 11.9. The first-order valence-electron chi connectivity index (χ1n) is 11.3. The molecule has 1 unspecified atom stereocenters. The van der Waals surface area contributed by atoms with Crippen LogP contribution in [0.15, 0.2) is 4.99 Å². The van der Waals surface area contributed by atoms with Crippen LogP contribution >= 0.6 is 0 Å². The molecule has 1 atom stereocenters. The van der Waals surface area contributed by atoms with Crippen molar-refractivity contribution < 1.29 is 9.53 Å². The van der Waals surface area contributed by atoms with Gasteiger partial charge in [0, 0.05) is 32.7 Å². The Balaban J connectivity index is 1.84. The van der Waals surface area contributed by atoms with Crippen LogP contribution in [0.1, 0.15) is 58.6 Å². The molecule has 0 spiro atoms. The Kier molecular flexibility index (Phi) is 9.54. The smallest absolute Gasteiger partial charge is 0.407 e. The lowest BCUT2D eigenvalue weighted by Crippen LogP contribution is -2.45. The number of amides is 1. The minimum atomic E-state index is -0.489. The number of alkyl carbamates (subject to hydrolysis) is 1. The van der Waals surface area contributed by atoms with Crippen molar-refractivity contribution in [3.8, 4) is 0 Å². The van der Waals surface area contributed by atoms with Gasteiger partial charge in [0.05, 0.1) is 0 Å². The largest absolute Gasteiger partial charge is 0.444 e. The van der Waals surface area contributed by atoms with Crippen LogP contribution < -0.4 is 16.0 Å². The fourth-order valence-electron chi connectivity index (χ4n) is 3.47. The molecule has 1 aliphatic heterocycles. The minimum absolute atomic E-state index is 0.391. The van der Waals surface area contributed by atoms with Gasteiger partial charge in [-0.1, -0.05) is 6.92 Å². The highest BCUT2D eigenvalue weighted by Crippen LogP contribution is 2.15. The van der Waals surface area contributed by atoms with Crippen LogP contribution in [-0.2, 0) is 18.3 Å². The maximum atomic E-state index is 11.7. The van der Waals surface area contributed by atoms with E-state index in [2.05, 4.69) is 38.0 Å². The summed E-state index contributed by atoms with van der Waals surface area (Å²) in [4.78, 5) is 19.0. The number of carbonyl (C=O) groups is 1. The van der Waals surface area contributed by atoms with Gasteiger partial charge in [-0.2, -0.15) is 0 Å². The monoisotopic (exact) mass is 436 g/mol. The minimum Gasteiger partial charge on any atom is -0.444 e. The highest BCUT2D eigenvalue weighted by molar-refractivity contribution is 5.79. The van der Waals surface area contributed by atoms with Crippen LogP contribution in [-0.4, -0.2) is 76.1 Å². The molecule has 0 bridgehead atoms. The molecule has 1 fully saturated rings. The summed E-state index contributed by atoms with van der Waals surface area (Å²) >= 11 is 0. The number of hydrogen-bond donors (Lipinski definition) is 3. The third-order valence-electron chi connectivity index (χ3n) is 5.29. The molecule has 1 saturated heterocycles. The van der Waals surface area contributed by atoms with Gasteiger partial charge in [0.1, 0.15) is 18.0 Å². The van der Waals surface area contributed by atoms with Gasteiger partial charge in [-0.25, -0.2) is 9.79 Å². The van der Waals surface area contributed by atoms with Gasteiger partial charge in [0.15, 0.2) is 11.8 Å². The number of likely N-dealkylation sites (tertiary alicyclic amines) is 1. The van der Waals surface area contributed by atoms with Crippen molar-refractivity contribution in [1.29, 1.82) is 0 Å². The van der Waals surface area contributed by atoms with Gasteiger partial charge < -0.3 is 25.3 Å². The van der Waals surface area contributed by atoms with E-state index in [1.807, 2.05) is 39.3 Å². The molecule has 2 heterocycles. The van der Waals surface area contributed by atoms with E-state index in [0.717, 1.165) is 43.7 Å². The molecule has 1 aromatic rings. The Hall–Kier alpha value is -2.36. The molecule has 176 valence electrons. The number of aromatic nitrogens is 3. The van der Waals surface area contributed by atoms with Crippen molar-refractivity contribution in [2.24, 2.45) is 12.0 Å². The summed E-state index contributed by atoms with van der Waals surface area (Å²) in [6.45, 7) is 14.4. The summed E-state index contributed by atoms with van der Waals surface area (Å²) in [6.07, 6.45) is 2.82. The molecular formula is C21H40N8O2. The van der Waals surface area contributed by atoms with Crippen molar-refractivity contribution in [1.82, 2.24) is 35.6 Å². The van der Waals surface area contributed by atoms with E-state index >= 15 is 0 Å². The first-order chi connectivity index (χ1) is 14.7. The van der Waals surface area contributed by atoms with Crippen LogP contribution in [0.3, 0.4) is 0 Å². The van der Waals surface area contributed by atoms with Gasteiger partial charge in [-0.05, 0) is 60.0 Å². The summed E-state index contributed by atoms with van der Waals surface area (Å²) < 4.78 is 7.20. The average molecular weight is 437 g/mol. The fraction of sp³-hybridized carbons (Fsp3) is 0.810. The summed E-state index contributed by atoms with van der Waals surface area (Å²) in [5, 5.41) is 17.9. The first-order valence-corrected chi connectivity index (χ1v) is 11.3. The first kappa shape index (κ1) is 24.9. The molecule has 1 aliphatic rings. The lowest BCUT2D eigenvalue weighted by molar-refractivity contribution is 0.0527. The molecular weight excluding hydrogens is 396 g/mol. The summed E-state index contributed by atoms with van der Waals surface area (Å²) in [5.74, 6) is 2.44. The van der Waals surface area contributed by atoms with Gasteiger partial charge in [0.2, 0.25) is 0 Å². The lowest BCUT2D eigenvalue weighted by atomic mass is 10.2. The fourth-order valence-corrected chi connectivity index (χ4v) is 3.47. The van der Waals surface area contributed by atoms with Crippen molar-refractivity contribution in [2.45, 2.75) is 72.1 Å². The SMILES string of the molecule is CCN1CCCC1CNC(=NCc1nnc(C)n1C)NCCCNC(=O)OC(C)(C)C. The van der Waals surface area contributed by atoms with Gasteiger partial charge in [0.25, 0.3) is 0 Å². The van der Waals surface area contributed by atoms with Gasteiger partial charge in [-0.3, -0.25) is 4.90 Å². The molecule has 3 N–H and O–H groups in total. The zero-order valence-corrected chi connectivity index (χ0v) is 20.0. The van der Waals surface area contributed by atoms with Crippen molar-refractivity contribution in [3.63, 3.8) is 0 Å². The van der Waals surface area contributed by atoms with Gasteiger partial charge >= 0.3 is 6.09 Å². The molecule has 1 amide bonds. The van der Waals surface area contributed by atoms with Crippen molar-refractivity contribution in [3.05, 3.63) is 11.6 Å². The molecule has 31 heavy (non-hydrogen) atoms. The van der Waals surface area contributed by atoms with Crippen LogP contribution in [0, 0.1) is 6.92 Å². The number of rotatable bonds is 9. The zero-order valence-electron chi connectivity index (χ0n) is 20.0. The van der Waals surface area contributed by atoms with E-state index in [4.69, 9.17) is 9.73 Å². The number of hydrogen-bond acceptors (Lipinski definition) is 6. The lowest BCUT2D eigenvalue weighted by Gasteiger charge is -2.24. The van der Waals surface area contributed by atoms with Crippen LogP contribution in [0.25, 0.3) is 0 Å². The van der Waals surface area contributed by atoms with Crippen LogP contribution in [0.4, 0.5) is 4.79 Å².